The van der Waals surface area contributed by atoms with Gasteiger partial charge in [-0.1, -0.05) is 6.92 Å². The lowest BCUT2D eigenvalue weighted by Crippen LogP contribution is -2.36. The zero-order chi connectivity index (χ0) is 15.2. The first-order valence-corrected chi connectivity index (χ1v) is 6.00. The van der Waals surface area contributed by atoms with Gasteiger partial charge in [0, 0.05) is 6.42 Å². The van der Waals surface area contributed by atoms with Gasteiger partial charge in [-0.2, -0.15) is 0 Å². The number of carbonyl (C=O) groups excluding carboxylic acids is 3. The molecule has 0 saturated heterocycles. The molecule has 1 unspecified atom stereocenters. The summed E-state index contributed by atoms with van der Waals surface area (Å²) in [4.78, 5) is 33.5. The summed E-state index contributed by atoms with van der Waals surface area (Å²) in [6, 6.07) is 0. The van der Waals surface area contributed by atoms with E-state index >= 15 is 0 Å². The minimum atomic E-state index is -0.920. The Kier molecular flexibility index (Phi) is 6.17. The standard InChI is InChI=1S/C12H21N3O4/c1-4-7(10(14)17)9(13)8(16)5-6-12(2,3)19-11(15)18/h7,13H,4-6H2,1-3H3,(H2,14,17)(H2,15,18). The summed E-state index contributed by atoms with van der Waals surface area (Å²) in [5.74, 6) is -2.03. The zero-order valence-electron chi connectivity index (χ0n) is 11.5. The topological polar surface area (TPSA) is 136 Å². The van der Waals surface area contributed by atoms with Crippen LogP contribution in [0.5, 0.6) is 0 Å². The number of hydrogen-bond donors (Lipinski definition) is 3. The molecule has 0 saturated carbocycles. The molecule has 0 spiro atoms. The van der Waals surface area contributed by atoms with Gasteiger partial charge in [0.25, 0.3) is 0 Å². The summed E-state index contributed by atoms with van der Waals surface area (Å²) in [6.07, 6.45) is -0.410. The highest BCUT2D eigenvalue weighted by molar-refractivity contribution is 6.42. The van der Waals surface area contributed by atoms with E-state index in [-0.39, 0.29) is 18.6 Å². The maximum absolute atomic E-state index is 11.8. The summed E-state index contributed by atoms with van der Waals surface area (Å²) in [6.45, 7) is 4.90. The van der Waals surface area contributed by atoms with Crippen molar-refractivity contribution in [1.82, 2.24) is 0 Å². The highest BCUT2D eigenvalue weighted by Crippen LogP contribution is 2.18. The molecule has 5 N–H and O–H groups in total. The van der Waals surface area contributed by atoms with E-state index in [1.807, 2.05) is 0 Å². The SMILES string of the molecule is CCC(C(=N)C(=O)CCC(C)(C)OC(N)=O)C(N)=O. The van der Waals surface area contributed by atoms with Gasteiger partial charge in [-0.05, 0) is 26.7 Å². The molecule has 2 amide bonds. The summed E-state index contributed by atoms with van der Waals surface area (Å²) in [5.41, 5.74) is 8.83. The Morgan fingerprint density at radius 2 is 1.79 bits per heavy atom. The molecule has 1 atom stereocenters. The lowest BCUT2D eigenvalue weighted by Gasteiger charge is -2.23. The number of ether oxygens (including phenoxy) is 1. The molecule has 7 heteroatoms. The Bertz CT molecular complexity index is 390. The Morgan fingerprint density at radius 1 is 1.26 bits per heavy atom. The van der Waals surface area contributed by atoms with Crippen molar-refractivity contribution in [2.75, 3.05) is 0 Å². The Hall–Kier alpha value is -1.92. The number of ketones is 1. The van der Waals surface area contributed by atoms with E-state index in [0.29, 0.717) is 6.42 Å². The highest BCUT2D eigenvalue weighted by Gasteiger charge is 2.28. The molecular weight excluding hydrogens is 250 g/mol. The van der Waals surface area contributed by atoms with E-state index in [4.69, 9.17) is 21.6 Å². The molecule has 108 valence electrons. The summed E-state index contributed by atoms with van der Waals surface area (Å²) in [7, 11) is 0. The van der Waals surface area contributed by atoms with Crippen molar-refractivity contribution in [3.8, 4) is 0 Å². The molecule has 0 heterocycles. The molecule has 0 fully saturated rings. The second-order valence-electron chi connectivity index (χ2n) is 4.88. The van der Waals surface area contributed by atoms with Crippen LogP contribution < -0.4 is 11.5 Å². The van der Waals surface area contributed by atoms with Crippen LogP contribution in [0.15, 0.2) is 0 Å². The molecule has 0 bridgehead atoms. The smallest absolute Gasteiger partial charge is 0.405 e. The predicted octanol–water partition coefficient (Wildman–Crippen LogP) is 0.741. The fourth-order valence-corrected chi connectivity index (χ4v) is 1.61. The molecule has 7 nitrogen and oxygen atoms in total. The van der Waals surface area contributed by atoms with E-state index < -0.39 is 29.3 Å². The fraction of sp³-hybridized carbons (Fsp3) is 0.667. The maximum Gasteiger partial charge on any atom is 0.405 e. The van der Waals surface area contributed by atoms with E-state index in [1.165, 1.54) is 0 Å². The lowest BCUT2D eigenvalue weighted by atomic mass is 9.92. The van der Waals surface area contributed by atoms with Gasteiger partial charge in [0.15, 0.2) is 5.78 Å². The summed E-state index contributed by atoms with van der Waals surface area (Å²) in [5, 5.41) is 7.65. The van der Waals surface area contributed by atoms with Crippen LogP contribution in [0.1, 0.15) is 40.0 Å². The van der Waals surface area contributed by atoms with Crippen molar-refractivity contribution in [3.63, 3.8) is 0 Å². The predicted molar refractivity (Wildman–Crippen MR) is 69.7 cm³/mol. The van der Waals surface area contributed by atoms with Gasteiger partial charge in [-0.15, -0.1) is 0 Å². The largest absolute Gasteiger partial charge is 0.444 e. The van der Waals surface area contributed by atoms with E-state index in [0.717, 1.165) is 0 Å². The third-order valence-corrected chi connectivity index (χ3v) is 2.73. The van der Waals surface area contributed by atoms with Crippen LogP contribution in [0.25, 0.3) is 0 Å². The van der Waals surface area contributed by atoms with Crippen LogP contribution in [0.3, 0.4) is 0 Å². The molecule has 0 aromatic carbocycles. The number of Topliss-reactive ketones (excluding diaryl/α,β-unsaturated/α-hetero) is 1. The van der Waals surface area contributed by atoms with Crippen molar-refractivity contribution in [1.29, 1.82) is 5.41 Å². The van der Waals surface area contributed by atoms with Crippen molar-refractivity contribution in [2.24, 2.45) is 17.4 Å². The molecule has 19 heavy (non-hydrogen) atoms. The molecule has 0 aromatic rings. The minimum Gasteiger partial charge on any atom is -0.444 e. The van der Waals surface area contributed by atoms with E-state index in [1.54, 1.807) is 20.8 Å². The monoisotopic (exact) mass is 271 g/mol. The number of primary amides is 2. The van der Waals surface area contributed by atoms with Gasteiger partial charge in [-0.25, -0.2) is 4.79 Å². The number of rotatable bonds is 8. The second-order valence-corrected chi connectivity index (χ2v) is 4.88. The first kappa shape index (κ1) is 17.1. The lowest BCUT2D eigenvalue weighted by molar-refractivity contribution is -0.121. The number of nitrogens with two attached hydrogens (primary N) is 2. The van der Waals surface area contributed by atoms with Crippen molar-refractivity contribution >= 4 is 23.5 Å². The average molecular weight is 271 g/mol. The van der Waals surface area contributed by atoms with Crippen LogP contribution in [0.2, 0.25) is 0 Å². The van der Waals surface area contributed by atoms with Crippen LogP contribution >= 0.6 is 0 Å². The van der Waals surface area contributed by atoms with Crippen LogP contribution in [-0.4, -0.2) is 29.1 Å². The number of carbonyl (C=O) groups is 3. The normalized spacial score (nSPS) is 12.6. The summed E-state index contributed by atoms with van der Waals surface area (Å²) < 4.78 is 4.83. The van der Waals surface area contributed by atoms with Gasteiger partial charge >= 0.3 is 6.09 Å². The Labute approximate surface area is 112 Å². The van der Waals surface area contributed by atoms with Gasteiger partial charge in [0.05, 0.1) is 11.6 Å². The molecule has 0 aromatic heterocycles. The van der Waals surface area contributed by atoms with E-state index in [2.05, 4.69) is 0 Å². The first-order valence-electron chi connectivity index (χ1n) is 6.00. The molecule has 0 rings (SSSR count). The maximum atomic E-state index is 11.8. The van der Waals surface area contributed by atoms with Crippen molar-refractivity contribution in [2.45, 2.75) is 45.6 Å². The number of amides is 2. The molecule has 0 radical (unpaired) electrons. The molecular formula is C12H21N3O4. The first-order chi connectivity index (χ1) is 8.60. The second kappa shape index (κ2) is 6.86. The van der Waals surface area contributed by atoms with Gasteiger partial charge < -0.3 is 21.6 Å². The zero-order valence-corrected chi connectivity index (χ0v) is 11.5. The van der Waals surface area contributed by atoms with Crippen LogP contribution in [0.4, 0.5) is 4.79 Å². The van der Waals surface area contributed by atoms with E-state index in [9.17, 15) is 14.4 Å². The van der Waals surface area contributed by atoms with Gasteiger partial charge in [-0.3, -0.25) is 9.59 Å². The number of hydrogen-bond acceptors (Lipinski definition) is 5. The third kappa shape index (κ3) is 5.98. The number of nitrogens with one attached hydrogen (secondary N) is 1. The molecule has 0 aliphatic rings. The van der Waals surface area contributed by atoms with Gasteiger partial charge in [0.1, 0.15) is 5.60 Å². The van der Waals surface area contributed by atoms with Gasteiger partial charge in [0.2, 0.25) is 5.91 Å². The summed E-state index contributed by atoms with van der Waals surface area (Å²) >= 11 is 0. The Balaban J connectivity index is 4.50. The van der Waals surface area contributed by atoms with Crippen LogP contribution in [0, 0.1) is 11.3 Å². The van der Waals surface area contributed by atoms with Crippen LogP contribution in [-0.2, 0) is 14.3 Å². The molecule has 0 aliphatic carbocycles. The average Bonchev–Trinajstić information content (AvgIpc) is 2.24. The quantitative estimate of drug-likeness (QED) is 0.561. The highest BCUT2D eigenvalue weighted by atomic mass is 16.6. The Morgan fingerprint density at radius 3 is 2.16 bits per heavy atom. The third-order valence-electron chi connectivity index (χ3n) is 2.73. The van der Waals surface area contributed by atoms with Crippen molar-refractivity contribution in [3.05, 3.63) is 0 Å². The molecule has 0 aliphatic heterocycles. The fourth-order valence-electron chi connectivity index (χ4n) is 1.61. The minimum absolute atomic E-state index is 0.0110. The van der Waals surface area contributed by atoms with Crippen molar-refractivity contribution < 1.29 is 19.1 Å².